The number of aromatic nitrogens is 2. The van der Waals surface area contributed by atoms with Crippen molar-refractivity contribution in [1.29, 1.82) is 0 Å². The molecule has 0 aliphatic heterocycles. The number of hydrogen-bond acceptors (Lipinski definition) is 4. The van der Waals surface area contributed by atoms with Crippen LogP contribution in [-0.2, 0) is 0 Å². The lowest BCUT2D eigenvalue weighted by molar-refractivity contribution is 0.0689. The fourth-order valence-corrected chi connectivity index (χ4v) is 0.785. The summed E-state index contributed by atoms with van der Waals surface area (Å²) < 4.78 is 4.69. The third-order valence-electron chi connectivity index (χ3n) is 1.10. The topological polar surface area (TPSA) is 72.3 Å². The number of carboxylic acid groups (broad SMARTS) is 1. The molecule has 64 valence electrons. The van der Waals surface area contributed by atoms with Gasteiger partial charge < -0.3 is 9.84 Å². The standard InChI is InChI=1S/C6H5ClN2O3/c1-12-4-2-3(5(10)11)8-6(7)9-4/h2H,1H3,(H,10,11). The highest BCUT2D eigenvalue weighted by atomic mass is 35.5. The Balaban J connectivity index is 3.15. The maximum Gasteiger partial charge on any atom is 0.354 e. The van der Waals surface area contributed by atoms with Crippen LogP contribution in [-0.4, -0.2) is 28.2 Å². The van der Waals surface area contributed by atoms with Gasteiger partial charge in [-0.1, -0.05) is 0 Å². The van der Waals surface area contributed by atoms with Crippen LogP contribution >= 0.6 is 11.6 Å². The normalized spacial score (nSPS) is 9.50. The van der Waals surface area contributed by atoms with Gasteiger partial charge in [0.25, 0.3) is 0 Å². The van der Waals surface area contributed by atoms with E-state index in [1.54, 1.807) is 0 Å². The van der Waals surface area contributed by atoms with E-state index < -0.39 is 5.97 Å². The van der Waals surface area contributed by atoms with Crippen molar-refractivity contribution in [3.63, 3.8) is 0 Å². The molecule has 1 rings (SSSR count). The Hall–Kier alpha value is -1.36. The Labute approximate surface area is 73.0 Å². The smallest absolute Gasteiger partial charge is 0.354 e. The first-order valence-corrected chi connectivity index (χ1v) is 3.33. The second kappa shape index (κ2) is 3.36. The zero-order valence-electron chi connectivity index (χ0n) is 6.11. The average Bonchev–Trinajstić information content (AvgIpc) is 2.03. The fourth-order valence-electron chi connectivity index (χ4n) is 0.611. The first kappa shape index (κ1) is 8.73. The van der Waals surface area contributed by atoms with Gasteiger partial charge in [-0.3, -0.25) is 0 Å². The molecule has 0 unspecified atom stereocenters. The molecule has 0 amide bonds. The summed E-state index contributed by atoms with van der Waals surface area (Å²) in [4.78, 5) is 17.5. The van der Waals surface area contributed by atoms with Gasteiger partial charge in [0.1, 0.15) is 0 Å². The van der Waals surface area contributed by atoms with E-state index in [2.05, 4.69) is 14.7 Å². The Bertz CT molecular complexity index is 316. The number of nitrogens with zero attached hydrogens (tertiary/aromatic N) is 2. The van der Waals surface area contributed by atoms with E-state index in [1.807, 2.05) is 0 Å². The van der Waals surface area contributed by atoms with E-state index in [1.165, 1.54) is 13.2 Å². The van der Waals surface area contributed by atoms with Gasteiger partial charge in [-0.2, -0.15) is 4.98 Å². The van der Waals surface area contributed by atoms with Gasteiger partial charge in [0.15, 0.2) is 5.69 Å². The maximum atomic E-state index is 10.4. The number of carbonyl (C=O) groups is 1. The number of ether oxygens (including phenoxy) is 1. The van der Waals surface area contributed by atoms with Crippen LogP contribution in [0.3, 0.4) is 0 Å². The van der Waals surface area contributed by atoms with E-state index in [9.17, 15) is 4.79 Å². The van der Waals surface area contributed by atoms with Crippen molar-refractivity contribution < 1.29 is 14.6 Å². The molecule has 0 atom stereocenters. The van der Waals surface area contributed by atoms with Gasteiger partial charge in [-0.25, -0.2) is 9.78 Å². The van der Waals surface area contributed by atoms with E-state index in [4.69, 9.17) is 16.7 Å². The third-order valence-corrected chi connectivity index (χ3v) is 1.27. The van der Waals surface area contributed by atoms with Crippen LogP contribution in [0.2, 0.25) is 5.28 Å². The minimum absolute atomic E-state index is 0.132. The largest absolute Gasteiger partial charge is 0.481 e. The van der Waals surface area contributed by atoms with Crippen molar-refractivity contribution >= 4 is 17.6 Å². The molecule has 12 heavy (non-hydrogen) atoms. The lowest BCUT2D eigenvalue weighted by atomic mass is 10.4. The molecule has 0 fully saturated rings. The van der Waals surface area contributed by atoms with Crippen molar-refractivity contribution in [2.45, 2.75) is 0 Å². The van der Waals surface area contributed by atoms with Gasteiger partial charge in [0, 0.05) is 6.07 Å². The number of aromatic carboxylic acids is 1. The summed E-state index contributed by atoms with van der Waals surface area (Å²) in [6.45, 7) is 0. The SMILES string of the molecule is COc1cc(C(=O)O)nc(Cl)n1. The molecule has 1 aromatic rings. The van der Waals surface area contributed by atoms with E-state index in [-0.39, 0.29) is 16.9 Å². The summed E-state index contributed by atoms with van der Waals surface area (Å²) in [5, 5.41) is 8.38. The molecular weight excluding hydrogens is 184 g/mol. The second-order valence-corrected chi connectivity index (χ2v) is 2.21. The quantitative estimate of drug-likeness (QED) is 0.697. The molecule has 0 saturated heterocycles. The highest BCUT2D eigenvalue weighted by Gasteiger charge is 2.08. The minimum atomic E-state index is -1.17. The summed E-state index contributed by atoms with van der Waals surface area (Å²) in [7, 11) is 1.37. The van der Waals surface area contributed by atoms with Crippen molar-refractivity contribution in [2.75, 3.05) is 7.11 Å². The van der Waals surface area contributed by atoms with E-state index in [0.717, 1.165) is 0 Å². The summed E-state index contributed by atoms with van der Waals surface area (Å²) in [6.07, 6.45) is 0. The predicted octanol–water partition coefficient (Wildman–Crippen LogP) is 0.837. The third kappa shape index (κ3) is 1.82. The average molecular weight is 189 g/mol. The summed E-state index contributed by atoms with van der Waals surface area (Å²) in [5.41, 5.74) is -0.188. The zero-order chi connectivity index (χ0) is 9.14. The molecule has 0 bridgehead atoms. The zero-order valence-corrected chi connectivity index (χ0v) is 6.87. The van der Waals surface area contributed by atoms with Crippen LogP contribution < -0.4 is 4.74 Å². The van der Waals surface area contributed by atoms with Crippen LogP contribution in [0.25, 0.3) is 0 Å². The van der Waals surface area contributed by atoms with Crippen LogP contribution in [0, 0.1) is 0 Å². The second-order valence-electron chi connectivity index (χ2n) is 1.87. The van der Waals surface area contributed by atoms with Gasteiger partial charge >= 0.3 is 5.97 Å². The molecule has 0 saturated carbocycles. The fraction of sp³-hybridized carbons (Fsp3) is 0.167. The van der Waals surface area contributed by atoms with Crippen molar-refractivity contribution in [3.8, 4) is 5.88 Å². The van der Waals surface area contributed by atoms with E-state index in [0.29, 0.717) is 0 Å². The van der Waals surface area contributed by atoms with Gasteiger partial charge in [0.05, 0.1) is 7.11 Å². The van der Waals surface area contributed by atoms with E-state index >= 15 is 0 Å². The van der Waals surface area contributed by atoms with Crippen molar-refractivity contribution in [1.82, 2.24) is 9.97 Å². The Morgan fingerprint density at radius 2 is 2.33 bits per heavy atom. The first-order chi connectivity index (χ1) is 5.63. The van der Waals surface area contributed by atoms with Crippen LogP contribution in [0.1, 0.15) is 10.5 Å². The molecule has 6 heteroatoms. The molecule has 5 nitrogen and oxygen atoms in total. The Kier molecular flexibility index (Phi) is 2.44. The molecule has 0 spiro atoms. The number of carboxylic acids is 1. The lowest BCUT2D eigenvalue weighted by Gasteiger charge is -1.99. The number of methoxy groups -OCH3 is 1. The Morgan fingerprint density at radius 1 is 1.67 bits per heavy atom. The number of rotatable bonds is 2. The van der Waals surface area contributed by atoms with Crippen molar-refractivity contribution in [2.24, 2.45) is 0 Å². The van der Waals surface area contributed by atoms with Crippen LogP contribution in [0.5, 0.6) is 5.88 Å². The first-order valence-electron chi connectivity index (χ1n) is 2.95. The monoisotopic (exact) mass is 188 g/mol. The van der Waals surface area contributed by atoms with Gasteiger partial charge in [0.2, 0.25) is 11.2 Å². The number of hydrogen-bond donors (Lipinski definition) is 1. The summed E-state index contributed by atoms with van der Waals surface area (Å²) in [5.74, 6) is -1.04. The van der Waals surface area contributed by atoms with Crippen molar-refractivity contribution in [3.05, 3.63) is 17.0 Å². The highest BCUT2D eigenvalue weighted by Crippen LogP contribution is 2.11. The molecule has 1 N–H and O–H groups in total. The molecule has 0 aromatic carbocycles. The molecule has 1 aromatic heterocycles. The summed E-state index contributed by atoms with van der Waals surface area (Å²) >= 11 is 5.41. The summed E-state index contributed by atoms with van der Waals surface area (Å²) in [6, 6.07) is 1.19. The van der Waals surface area contributed by atoms with Gasteiger partial charge in [-0.15, -0.1) is 0 Å². The van der Waals surface area contributed by atoms with Gasteiger partial charge in [-0.05, 0) is 11.6 Å². The molecule has 0 radical (unpaired) electrons. The maximum absolute atomic E-state index is 10.4. The highest BCUT2D eigenvalue weighted by molar-refractivity contribution is 6.28. The Morgan fingerprint density at radius 3 is 2.83 bits per heavy atom. The molecule has 0 aliphatic carbocycles. The van der Waals surface area contributed by atoms with Crippen LogP contribution in [0.15, 0.2) is 6.07 Å². The molecular formula is C6H5ClN2O3. The molecule has 0 aliphatic rings. The minimum Gasteiger partial charge on any atom is -0.481 e. The van der Waals surface area contributed by atoms with Crippen LogP contribution in [0.4, 0.5) is 0 Å². The molecule has 1 heterocycles. The predicted molar refractivity (Wildman–Crippen MR) is 40.6 cm³/mol. The lowest BCUT2D eigenvalue weighted by Crippen LogP contribution is -2.02. The number of halogens is 1.